The Bertz CT molecular complexity index is 1020. The molecule has 1 aliphatic rings. The summed E-state index contributed by atoms with van der Waals surface area (Å²) in [5.41, 5.74) is 2.21. The molecule has 3 aromatic rings. The lowest BCUT2D eigenvalue weighted by atomic mass is 9.93. The summed E-state index contributed by atoms with van der Waals surface area (Å²) in [6, 6.07) is 8.04. The zero-order valence-corrected chi connectivity index (χ0v) is 16.1. The first-order chi connectivity index (χ1) is 13.6. The van der Waals surface area contributed by atoms with Gasteiger partial charge in [0.25, 0.3) is 5.91 Å². The van der Waals surface area contributed by atoms with E-state index < -0.39 is 12.2 Å². The van der Waals surface area contributed by atoms with Crippen LogP contribution in [0.3, 0.4) is 0 Å². The summed E-state index contributed by atoms with van der Waals surface area (Å²) in [5.74, 6) is 0.701. The van der Waals surface area contributed by atoms with Crippen LogP contribution in [0.25, 0.3) is 22.4 Å². The Kier molecular flexibility index (Phi) is 5.22. The van der Waals surface area contributed by atoms with Gasteiger partial charge in [0.1, 0.15) is 23.2 Å². The van der Waals surface area contributed by atoms with Gasteiger partial charge in [-0.3, -0.25) is 9.78 Å². The standard InChI is InChI=1S/C21H20ClFN2O3/c1-27-18-10-12(21(26)25-16-5-3-2-4-15(16)23)6-7-13(18)19-11-17-20(28-19)14(22)8-9-24-17/h6-11,15-16H,2-5H2,1H3,(H,25,26). The van der Waals surface area contributed by atoms with E-state index in [2.05, 4.69) is 10.3 Å². The second kappa shape index (κ2) is 7.80. The molecule has 4 rings (SSSR count). The maximum atomic E-state index is 14.0. The molecule has 2 atom stereocenters. The number of fused-ring (bicyclic) bond motifs is 1. The van der Waals surface area contributed by atoms with Gasteiger partial charge in [-0.2, -0.15) is 0 Å². The van der Waals surface area contributed by atoms with Gasteiger partial charge < -0.3 is 14.5 Å². The normalized spacial score (nSPS) is 19.5. The Hall–Kier alpha value is -2.60. The number of nitrogens with one attached hydrogen (secondary N) is 1. The average molecular weight is 403 g/mol. The molecule has 1 aromatic carbocycles. The zero-order chi connectivity index (χ0) is 19.7. The third kappa shape index (κ3) is 3.56. The summed E-state index contributed by atoms with van der Waals surface area (Å²) in [5, 5.41) is 3.28. The molecular formula is C21H20ClFN2O3. The Balaban J connectivity index is 1.62. The molecule has 2 unspecified atom stereocenters. The van der Waals surface area contributed by atoms with Gasteiger partial charge in [0.05, 0.1) is 23.7 Å². The largest absolute Gasteiger partial charge is 0.496 e. The number of hydrogen-bond donors (Lipinski definition) is 1. The van der Waals surface area contributed by atoms with Crippen LogP contribution in [0, 0.1) is 0 Å². The average Bonchev–Trinajstić information content (AvgIpc) is 3.14. The summed E-state index contributed by atoms with van der Waals surface area (Å²) in [7, 11) is 1.52. The highest BCUT2D eigenvalue weighted by atomic mass is 35.5. The highest BCUT2D eigenvalue weighted by Gasteiger charge is 2.26. The van der Waals surface area contributed by atoms with Crippen LogP contribution in [0.2, 0.25) is 5.02 Å². The number of hydrogen-bond acceptors (Lipinski definition) is 4. The number of carbonyl (C=O) groups excluding carboxylic acids is 1. The summed E-state index contributed by atoms with van der Waals surface area (Å²) < 4.78 is 25.3. The van der Waals surface area contributed by atoms with E-state index in [0.29, 0.717) is 51.6 Å². The van der Waals surface area contributed by atoms with E-state index in [0.717, 1.165) is 12.8 Å². The van der Waals surface area contributed by atoms with Crippen molar-refractivity contribution in [2.45, 2.75) is 37.9 Å². The molecule has 28 heavy (non-hydrogen) atoms. The number of methoxy groups -OCH3 is 1. The van der Waals surface area contributed by atoms with Crippen molar-refractivity contribution < 1.29 is 18.3 Å². The third-order valence-electron chi connectivity index (χ3n) is 5.09. The Labute approximate surface area is 166 Å². The number of ether oxygens (including phenoxy) is 1. The van der Waals surface area contributed by atoms with Crippen LogP contribution in [-0.2, 0) is 0 Å². The molecule has 146 valence electrons. The SMILES string of the molecule is COc1cc(C(=O)NC2CCCCC2F)ccc1-c1cc2nccc(Cl)c2o1. The summed E-state index contributed by atoms with van der Waals surface area (Å²) >= 11 is 6.15. The first kappa shape index (κ1) is 18.7. The van der Waals surface area contributed by atoms with Crippen molar-refractivity contribution in [3.63, 3.8) is 0 Å². The van der Waals surface area contributed by atoms with Gasteiger partial charge in [0.2, 0.25) is 0 Å². The lowest BCUT2D eigenvalue weighted by Gasteiger charge is -2.26. The van der Waals surface area contributed by atoms with Crippen molar-refractivity contribution in [3.8, 4) is 17.1 Å². The van der Waals surface area contributed by atoms with Gasteiger partial charge >= 0.3 is 0 Å². The summed E-state index contributed by atoms with van der Waals surface area (Å²) in [4.78, 5) is 16.8. The van der Waals surface area contributed by atoms with E-state index in [4.69, 9.17) is 20.8 Å². The third-order valence-corrected chi connectivity index (χ3v) is 5.39. The Morgan fingerprint density at radius 1 is 1.29 bits per heavy atom. The fourth-order valence-corrected chi connectivity index (χ4v) is 3.77. The van der Waals surface area contributed by atoms with Gasteiger partial charge in [-0.15, -0.1) is 0 Å². The fraction of sp³-hybridized carbons (Fsp3) is 0.333. The molecule has 2 heterocycles. The van der Waals surface area contributed by atoms with E-state index in [9.17, 15) is 9.18 Å². The molecule has 0 radical (unpaired) electrons. The van der Waals surface area contributed by atoms with Crippen molar-refractivity contribution in [3.05, 3.63) is 47.1 Å². The maximum absolute atomic E-state index is 14.0. The van der Waals surface area contributed by atoms with Gasteiger partial charge in [0, 0.05) is 17.8 Å². The van der Waals surface area contributed by atoms with Gasteiger partial charge in [-0.05, 0) is 37.1 Å². The highest BCUT2D eigenvalue weighted by Crippen LogP contribution is 2.36. The molecule has 1 fully saturated rings. The highest BCUT2D eigenvalue weighted by molar-refractivity contribution is 6.34. The van der Waals surface area contributed by atoms with E-state index in [1.807, 2.05) is 0 Å². The molecule has 0 aliphatic heterocycles. The molecule has 1 saturated carbocycles. The first-order valence-corrected chi connectivity index (χ1v) is 9.62. The summed E-state index contributed by atoms with van der Waals surface area (Å²) in [6.45, 7) is 0. The molecule has 0 saturated heterocycles. The minimum atomic E-state index is -0.994. The number of pyridine rings is 1. The number of alkyl halides is 1. The van der Waals surface area contributed by atoms with Gasteiger partial charge in [-0.25, -0.2) is 4.39 Å². The zero-order valence-electron chi connectivity index (χ0n) is 15.4. The number of aromatic nitrogens is 1. The van der Waals surface area contributed by atoms with E-state index >= 15 is 0 Å². The first-order valence-electron chi connectivity index (χ1n) is 9.24. The molecule has 2 aromatic heterocycles. The fourth-order valence-electron chi connectivity index (χ4n) is 3.58. The smallest absolute Gasteiger partial charge is 0.251 e. The predicted molar refractivity (Wildman–Crippen MR) is 106 cm³/mol. The molecule has 7 heteroatoms. The van der Waals surface area contributed by atoms with Gasteiger partial charge in [-0.1, -0.05) is 24.4 Å². The number of furan rings is 1. The van der Waals surface area contributed by atoms with E-state index in [1.54, 1.807) is 36.5 Å². The van der Waals surface area contributed by atoms with Crippen LogP contribution < -0.4 is 10.1 Å². The monoisotopic (exact) mass is 402 g/mol. The number of amides is 1. The minimum Gasteiger partial charge on any atom is -0.496 e. The van der Waals surface area contributed by atoms with E-state index in [-0.39, 0.29) is 5.91 Å². The molecule has 1 aliphatic carbocycles. The number of nitrogens with zero attached hydrogens (tertiary/aromatic N) is 1. The number of carbonyl (C=O) groups is 1. The molecule has 1 N–H and O–H groups in total. The van der Waals surface area contributed by atoms with Gasteiger partial charge in [0.15, 0.2) is 5.58 Å². The Morgan fingerprint density at radius 2 is 2.11 bits per heavy atom. The number of halogens is 2. The Morgan fingerprint density at radius 3 is 2.86 bits per heavy atom. The van der Waals surface area contributed by atoms with Crippen LogP contribution >= 0.6 is 11.6 Å². The van der Waals surface area contributed by atoms with Crippen molar-refractivity contribution in [2.24, 2.45) is 0 Å². The molecule has 5 nitrogen and oxygen atoms in total. The quantitative estimate of drug-likeness (QED) is 0.654. The van der Waals surface area contributed by atoms with Crippen LogP contribution in [0.5, 0.6) is 5.75 Å². The van der Waals surface area contributed by atoms with Crippen LogP contribution in [0.15, 0.2) is 40.9 Å². The molecule has 0 bridgehead atoms. The summed E-state index contributed by atoms with van der Waals surface area (Å²) in [6.07, 6.45) is 3.57. The van der Waals surface area contributed by atoms with Crippen molar-refractivity contribution >= 4 is 28.6 Å². The van der Waals surface area contributed by atoms with Crippen LogP contribution in [-0.4, -0.2) is 30.2 Å². The second-order valence-electron chi connectivity index (χ2n) is 6.91. The van der Waals surface area contributed by atoms with Crippen molar-refractivity contribution in [1.29, 1.82) is 0 Å². The maximum Gasteiger partial charge on any atom is 0.251 e. The lowest BCUT2D eigenvalue weighted by Crippen LogP contribution is -2.43. The molecule has 0 spiro atoms. The number of benzene rings is 1. The topological polar surface area (TPSA) is 64.4 Å². The van der Waals surface area contributed by atoms with Crippen LogP contribution in [0.1, 0.15) is 36.0 Å². The predicted octanol–water partition coefficient (Wildman–Crippen LogP) is 5.17. The van der Waals surface area contributed by atoms with E-state index in [1.165, 1.54) is 7.11 Å². The molecular weight excluding hydrogens is 383 g/mol. The number of rotatable bonds is 4. The minimum absolute atomic E-state index is 0.311. The second-order valence-corrected chi connectivity index (χ2v) is 7.32. The molecule has 1 amide bonds. The lowest BCUT2D eigenvalue weighted by molar-refractivity contribution is 0.0883. The van der Waals surface area contributed by atoms with Crippen molar-refractivity contribution in [1.82, 2.24) is 10.3 Å². The van der Waals surface area contributed by atoms with Crippen LogP contribution in [0.4, 0.5) is 4.39 Å². The van der Waals surface area contributed by atoms with Crippen molar-refractivity contribution in [2.75, 3.05) is 7.11 Å².